The first-order valence-electron chi connectivity index (χ1n) is 7.56. The standard InChI is InChI=1S/C16H23N3OS/c1-3-4-5-8-13(2)18-15(20)11-14-12-17-16(21-14)19-9-6-7-10-19/h6-7,9-10,12-13H,3-5,8,11H2,1-2H3,(H,18,20). The predicted octanol–water partition coefficient (Wildman–Crippen LogP) is 3.56. The molecule has 0 radical (unpaired) electrons. The van der Waals surface area contributed by atoms with Crippen molar-refractivity contribution in [1.29, 1.82) is 0 Å². The summed E-state index contributed by atoms with van der Waals surface area (Å²) in [6, 6.07) is 4.18. The second-order valence-electron chi connectivity index (χ2n) is 5.34. The molecule has 0 aromatic carbocycles. The van der Waals surface area contributed by atoms with E-state index in [0.717, 1.165) is 16.4 Å². The van der Waals surface area contributed by atoms with Crippen LogP contribution in [0.25, 0.3) is 5.13 Å². The van der Waals surface area contributed by atoms with Crippen LogP contribution in [0.15, 0.2) is 30.7 Å². The van der Waals surface area contributed by atoms with Crippen LogP contribution in [0.5, 0.6) is 0 Å². The van der Waals surface area contributed by atoms with Crippen molar-refractivity contribution in [2.24, 2.45) is 0 Å². The molecule has 0 spiro atoms. The Morgan fingerprint density at radius 3 is 2.86 bits per heavy atom. The average molecular weight is 305 g/mol. The molecule has 1 atom stereocenters. The molecule has 4 nitrogen and oxygen atoms in total. The zero-order valence-corrected chi connectivity index (χ0v) is 13.5. The smallest absolute Gasteiger partial charge is 0.225 e. The van der Waals surface area contributed by atoms with Crippen molar-refractivity contribution >= 4 is 17.2 Å². The van der Waals surface area contributed by atoms with Crippen molar-refractivity contribution in [2.45, 2.75) is 52.0 Å². The molecule has 0 bridgehead atoms. The molecule has 5 heteroatoms. The number of unbranched alkanes of at least 4 members (excludes halogenated alkanes) is 2. The summed E-state index contributed by atoms with van der Waals surface area (Å²) in [5, 5.41) is 3.97. The van der Waals surface area contributed by atoms with Gasteiger partial charge in [0, 0.05) is 29.5 Å². The lowest BCUT2D eigenvalue weighted by atomic mass is 10.1. The molecule has 0 fully saturated rings. The molecular weight excluding hydrogens is 282 g/mol. The third kappa shape index (κ3) is 5.01. The number of carbonyl (C=O) groups is 1. The zero-order chi connectivity index (χ0) is 15.1. The fourth-order valence-corrected chi connectivity index (χ4v) is 3.09. The summed E-state index contributed by atoms with van der Waals surface area (Å²) in [4.78, 5) is 17.4. The number of nitrogens with zero attached hydrogens (tertiary/aromatic N) is 2. The summed E-state index contributed by atoms with van der Waals surface area (Å²) in [5.74, 6) is 0.0849. The summed E-state index contributed by atoms with van der Waals surface area (Å²) in [7, 11) is 0. The van der Waals surface area contributed by atoms with Crippen LogP contribution in [0.2, 0.25) is 0 Å². The Morgan fingerprint density at radius 2 is 2.14 bits per heavy atom. The Morgan fingerprint density at radius 1 is 1.38 bits per heavy atom. The van der Waals surface area contributed by atoms with Crippen molar-refractivity contribution < 1.29 is 4.79 Å². The van der Waals surface area contributed by atoms with Gasteiger partial charge >= 0.3 is 0 Å². The van der Waals surface area contributed by atoms with Crippen molar-refractivity contribution in [3.63, 3.8) is 0 Å². The molecule has 1 N–H and O–H groups in total. The van der Waals surface area contributed by atoms with Crippen LogP contribution >= 0.6 is 11.3 Å². The van der Waals surface area contributed by atoms with E-state index >= 15 is 0 Å². The monoisotopic (exact) mass is 305 g/mol. The molecule has 0 aliphatic rings. The maximum absolute atomic E-state index is 12.0. The lowest BCUT2D eigenvalue weighted by Gasteiger charge is -2.12. The van der Waals surface area contributed by atoms with Crippen molar-refractivity contribution in [3.05, 3.63) is 35.6 Å². The minimum absolute atomic E-state index is 0.0849. The lowest BCUT2D eigenvalue weighted by Crippen LogP contribution is -2.33. The third-order valence-corrected chi connectivity index (χ3v) is 4.36. The molecule has 0 saturated heterocycles. The van der Waals surface area contributed by atoms with Gasteiger partial charge in [0.25, 0.3) is 0 Å². The Bertz CT molecular complexity index is 548. The normalized spacial score (nSPS) is 12.3. The van der Waals surface area contributed by atoms with Crippen LogP contribution in [0.1, 0.15) is 44.4 Å². The van der Waals surface area contributed by atoms with E-state index in [9.17, 15) is 4.79 Å². The van der Waals surface area contributed by atoms with E-state index < -0.39 is 0 Å². The van der Waals surface area contributed by atoms with E-state index in [4.69, 9.17) is 0 Å². The number of aromatic nitrogens is 2. The summed E-state index contributed by atoms with van der Waals surface area (Å²) < 4.78 is 1.96. The van der Waals surface area contributed by atoms with E-state index in [1.54, 1.807) is 17.5 Å². The molecule has 2 aromatic heterocycles. The Balaban J connectivity index is 1.80. The van der Waals surface area contributed by atoms with Gasteiger partial charge in [-0.05, 0) is 25.5 Å². The molecule has 114 valence electrons. The van der Waals surface area contributed by atoms with Gasteiger partial charge in [-0.15, -0.1) is 11.3 Å². The second-order valence-corrected chi connectivity index (χ2v) is 6.43. The molecule has 2 heterocycles. The molecule has 1 unspecified atom stereocenters. The zero-order valence-electron chi connectivity index (χ0n) is 12.7. The highest BCUT2D eigenvalue weighted by Crippen LogP contribution is 2.18. The van der Waals surface area contributed by atoms with Gasteiger partial charge in [-0.1, -0.05) is 26.2 Å². The second kappa shape index (κ2) is 7.98. The minimum atomic E-state index is 0.0849. The Hall–Kier alpha value is -1.62. The first-order chi connectivity index (χ1) is 10.2. The van der Waals surface area contributed by atoms with Crippen molar-refractivity contribution in [3.8, 4) is 5.13 Å². The van der Waals surface area contributed by atoms with E-state index in [2.05, 4.69) is 24.1 Å². The van der Waals surface area contributed by atoms with Gasteiger partial charge in [-0.25, -0.2) is 4.98 Å². The molecule has 2 aromatic rings. The number of amides is 1. The molecule has 0 saturated carbocycles. The minimum Gasteiger partial charge on any atom is -0.353 e. The number of thiazole rings is 1. The molecule has 21 heavy (non-hydrogen) atoms. The van der Waals surface area contributed by atoms with E-state index in [0.29, 0.717) is 6.42 Å². The van der Waals surface area contributed by atoms with Gasteiger partial charge in [0.05, 0.1) is 6.42 Å². The van der Waals surface area contributed by atoms with E-state index in [-0.39, 0.29) is 11.9 Å². The molecule has 1 amide bonds. The van der Waals surface area contributed by atoms with Crippen LogP contribution in [0.3, 0.4) is 0 Å². The number of rotatable bonds is 8. The van der Waals surface area contributed by atoms with Crippen LogP contribution in [-0.2, 0) is 11.2 Å². The summed E-state index contributed by atoms with van der Waals surface area (Å²) >= 11 is 1.56. The lowest BCUT2D eigenvalue weighted by molar-refractivity contribution is -0.121. The van der Waals surface area contributed by atoms with E-state index in [1.165, 1.54) is 19.3 Å². The molecule has 2 rings (SSSR count). The van der Waals surface area contributed by atoms with Crippen LogP contribution in [0, 0.1) is 0 Å². The van der Waals surface area contributed by atoms with Gasteiger partial charge < -0.3 is 9.88 Å². The first-order valence-corrected chi connectivity index (χ1v) is 8.38. The molecule has 0 aliphatic heterocycles. The average Bonchev–Trinajstić information content (AvgIpc) is 3.09. The van der Waals surface area contributed by atoms with Crippen molar-refractivity contribution in [1.82, 2.24) is 14.9 Å². The van der Waals surface area contributed by atoms with Crippen LogP contribution < -0.4 is 5.32 Å². The maximum Gasteiger partial charge on any atom is 0.225 e. The summed E-state index contributed by atoms with van der Waals surface area (Å²) in [6.07, 6.45) is 10.8. The number of carbonyl (C=O) groups excluding carboxylic acids is 1. The number of hydrogen-bond acceptors (Lipinski definition) is 3. The SMILES string of the molecule is CCCCCC(C)NC(=O)Cc1cnc(-n2cccc2)s1. The quantitative estimate of drug-likeness (QED) is 0.758. The number of hydrogen-bond donors (Lipinski definition) is 1. The Labute approximate surface area is 130 Å². The largest absolute Gasteiger partial charge is 0.353 e. The predicted molar refractivity (Wildman–Crippen MR) is 86.9 cm³/mol. The van der Waals surface area contributed by atoms with Crippen LogP contribution in [-0.4, -0.2) is 21.5 Å². The highest BCUT2D eigenvalue weighted by molar-refractivity contribution is 7.14. The van der Waals surface area contributed by atoms with Gasteiger partial charge in [0.15, 0.2) is 5.13 Å². The fraction of sp³-hybridized carbons (Fsp3) is 0.500. The molecular formula is C16H23N3OS. The van der Waals surface area contributed by atoms with Gasteiger partial charge in [0.1, 0.15) is 0 Å². The van der Waals surface area contributed by atoms with E-state index in [1.807, 2.05) is 29.1 Å². The number of nitrogens with one attached hydrogen (secondary N) is 1. The first kappa shape index (κ1) is 15.8. The highest BCUT2D eigenvalue weighted by Gasteiger charge is 2.11. The van der Waals surface area contributed by atoms with Gasteiger partial charge in [-0.3, -0.25) is 4.79 Å². The van der Waals surface area contributed by atoms with Crippen molar-refractivity contribution in [2.75, 3.05) is 0 Å². The third-order valence-electron chi connectivity index (χ3n) is 3.35. The van der Waals surface area contributed by atoms with Gasteiger partial charge in [0.2, 0.25) is 5.91 Å². The maximum atomic E-state index is 12.0. The molecule has 0 aliphatic carbocycles. The fourth-order valence-electron chi connectivity index (χ4n) is 2.22. The topological polar surface area (TPSA) is 46.9 Å². The van der Waals surface area contributed by atoms with Crippen LogP contribution in [0.4, 0.5) is 0 Å². The summed E-state index contributed by atoms with van der Waals surface area (Å²) in [6.45, 7) is 4.26. The summed E-state index contributed by atoms with van der Waals surface area (Å²) in [5.41, 5.74) is 0. The Kier molecular flexibility index (Phi) is 5.99. The highest BCUT2D eigenvalue weighted by atomic mass is 32.1. The van der Waals surface area contributed by atoms with Gasteiger partial charge in [-0.2, -0.15) is 0 Å².